The molecule has 10 N–H and O–H groups in total. The van der Waals surface area contributed by atoms with Gasteiger partial charge in [-0.2, -0.15) is 12.6 Å². The highest BCUT2D eigenvalue weighted by molar-refractivity contribution is 7.80. The highest BCUT2D eigenvalue weighted by Gasteiger charge is 2.33. The number of unbranched alkanes of at least 4 members (excludes halogenated alkanes) is 1. The molecule has 0 aromatic heterocycles. The van der Waals surface area contributed by atoms with Gasteiger partial charge in [0.25, 0.3) is 0 Å². The van der Waals surface area contributed by atoms with Crippen molar-refractivity contribution in [1.82, 2.24) is 16.0 Å². The Morgan fingerprint density at radius 3 is 2.03 bits per heavy atom. The molecule has 0 saturated carbocycles. The normalized spacial score (nSPS) is 15.5. The molecule has 0 radical (unpaired) electrons. The number of nitrogens with one attached hydrogen (secondary N) is 3. The first-order valence-electron chi connectivity index (χ1n) is 10.5. The molecule has 0 heterocycles. The summed E-state index contributed by atoms with van der Waals surface area (Å²) >= 11 is 3.91. The van der Waals surface area contributed by atoms with E-state index < -0.39 is 60.2 Å². The zero-order chi connectivity index (χ0) is 24.8. The van der Waals surface area contributed by atoms with E-state index in [1.165, 1.54) is 0 Å². The fraction of sp³-hybridized carbons (Fsp3) is 0.737. The standard InChI is InChI=1S/C19H36N6O6S/c1-3-10(2)15(18(29)23-12(19(30)31)6-4-5-7-20)25-17(28)13(8-14(22)26)24-16(27)11(21)9-32/h10-13,15,32H,3-9,20-21H2,1-2H3,(H2,22,26)(H,23,29)(H,24,27)(H,25,28)(H,30,31). The van der Waals surface area contributed by atoms with Crippen LogP contribution in [0.15, 0.2) is 0 Å². The number of rotatable bonds is 16. The Bertz CT molecular complexity index is 664. The van der Waals surface area contributed by atoms with Gasteiger partial charge < -0.3 is 38.3 Å². The zero-order valence-electron chi connectivity index (χ0n) is 18.5. The van der Waals surface area contributed by atoms with Gasteiger partial charge in [-0.1, -0.05) is 20.3 Å². The molecule has 0 aromatic rings. The molecular formula is C19H36N6O6S. The van der Waals surface area contributed by atoms with E-state index in [0.717, 1.165) is 0 Å². The van der Waals surface area contributed by atoms with Gasteiger partial charge in [0.2, 0.25) is 23.6 Å². The van der Waals surface area contributed by atoms with Crippen LogP contribution < -0.4 is 33.2 Å². The SMILES string of the molecule is CCC(C)C(NC(=O)C(CC(N)=O)NC(=O)C(N)CS)C(=O)NC(CCCCN)C(=O)O. The smallest absolute Gasteiger partial charge is 0.326 e. The van der Waals surface area contributed by atoms with Crippen molar-refractivity contribution in [3.05, 3.63) is 0 Å². The topological polar surface area (TPSA) is 220 Å². The summed E-state index contributed by atoms with van der Waals surface area (Å²) in [7, 11) is 0. The van der Waals surface area contributed by atoms with Crippen molar-refractivity contribution in [2.75, 3.05) is 12.3 Å². The second-order valence-electron chi connectivity index (χ2n) is 7.58. The maximum atomic E-state index is 12.8. The lowest BCUT2D eigenvalue weighted by Gasteiger charge is -2.27. The van der Waals surface area contributed by atoms with Crippen LogP contribution in [-0.2, 0) is 24.0 Å². The summed E-state index contributed by atoms with van der Waals surface area (Å²) < 4.78 is 0. The molecular weight excluding hydrogens is 440 g/mol. The van der Waals surface area contributed by atoms with Gasteiger partial charge in [0.05, 0.1) is 12.5 Å². The molecule has 12 nitrogen and oxygen atoms in total. The summed E-state index contributed by atoms with van der Waals surface area (Å²) in [6.07, 6.45) is 1.27. The lowest BCUT2D eigenvalue weighted by atomic mass is 9.97. The van der Waals surface area contributed by atoms with Gasteiger partial charge in [0.15, 0.2) is 0 Å². The quantitative estimate of drug-likeness (QED) is 0.0902. The molecule has 32 heavy (non-hydrogen) atoms. The predicted molar refractivity (Wildman–Crippen MR) is 121 cm³/mol. The molecule has 13 heteroatoms. The number of thiol groups is 1. The largest absolute Gasteiger partial charge is 0.480 e. The van der Waals surface area contributed by atoms with Crippen molar-refractivity contribution in [1.29, 1.82) is 0 Å². The predicted octanol–water partition coefficient (Wildman–Crippen LogP) is -2.17. The maximum absolute atomic E-state index is 12.8. The second kappa shape index (κ2) is 15.4. The van der Waals surface area contributed by atoms with Gasteiger partial charge in [0, 0.05) is 5.75 Å². The first-order chi connectivity index (χ1) is 15.0. The van der Waals surface area contributed by atoms with Crippen LogP contribution in [0.4, 0.5) is 0 Å². The molecule has 0 rings (SSSR count). The van der Waals surface area contributed by atoms with Gasteiger partial charge in [-0.15, -0.1) is 0 Å². The summed E-state index contributed by atoms with van der Waals surface area (Å²) in [6.45, 7) is 3.89. The fourth-order valence-electron chi connectivity index (χ4n) is 2.74. The van der Waals surface area contributed by atoms with Crippen molar-refractivity contribution >= 4 is 42.2 Å². The van der Waals surface area contributed by atoms with E-state index in [1.807, 2.05) is 0 Å². The Labute approximate surface area is 193 Å². The number of amides is 4. The van der Waals surface area contributed by atoms with E-state index in [2.05, 4.69) is 28.6 Å². The van der Waals surface area contributed by atoms with Gasteiger partial charge in [-0.05, 0) is 31.7 Å². The van der Waals surface area contributed by atoms with Crippen LogP contribution >= 0.6 is 12.6 Å². The number of hydrogen-bond donors (Lipinski definition) is 8. The second-order valence-corrected chi connectivity index (χ2v) is 7.94. The van der Waals surface area contributed by atoms with Crippen molar-refractivity contribution in [3.63, 3.8) is 0 Å². The minimum atomic E-state index is -1.36. The molecule has 0 aromatic carbocycles. The Balaban J connectivity index is 5.47. The molecule has 5 atom stereocenters. The Morgan fingerprint density at radius 2 is 1.56 bits per heavy atom. The average Bonchev–Trinajstić information content (AvgIpc) is 2.74. The van der Waals surface area contributed by atoms with E-state index in [1.54, 1.807) is 13.8 Å². The van der Waals surface area contributed by atoms with Crippen LogP contribution in [0.1, 0.15) is 46.0 Å². The van der Waals surface area contributed by atoms with E-state index in [-0.39, 0.29) is 18.1 Å². The van der Waals surface area contributed by atoms with Crippen molar-refractivity contribution in [2.45, 2.75) is 70.1 Å². The third kappa shape index (κ3) is 10.8. The number of carboxylic acid groups (broad SMARTS) is 1. The van der Waals surface area contributed by atoms with Crippen LogP contribution in [0.2, 0.25) is 0 Å². The van der Waals surface area contributed by atoms with Crippen LogP contribution in [0.5, 0.6) is 0 Å². The summed E-state index contributed by atoms with van der Waals surface area (Å²) in [6, 6.07) is -4.62. The van der Waals surface area contributed by atoms with E-state index in [4.69, 9.17) is 17.2 Å². The fourth-order valence-corrected chi connectivity index (χ4v) is 2.91. The third-order valence-electron chi connectivity index (χ3n) is 4.93. The number of primary amides is 1. The highest BCUT2D eigenvalue weighted by atomic mass is 32.1. The number of carbonyl (C=O) groups is 5. The van der Waals surface area contributed by atoms with Crippen molar-refractivity contribution in [2.24, 2.45) is 23.1 Å². The molecule has 0 bridgehead atoms. The van der Waals surface area contributed by atoms with E-state index in [9.17, 15) is 29.1 Å². The molecule has 0 saturated heterocycles. The minimum Gasteiger partial charge on any atom is -0.480 e. The van der Waals surface area contributed by atoms with Crippen LogP contribution in [-0.4, -0.2) is 71.2 Å². The van der Waals surface area contributed by atoms with Gasteiger partial charge in [0.1, 0.15) is 18.1 Å². The first-order valence-corrected chi connectivity index (χ1v) is 11.1. The molecule has 0 aliphatic carbocycles. The lowest BCUT2D eigenvalue weighted by Crippen LogP contribution is -2.59. The van der Waals surface area contributed by atoms with Crippen molar-refractivity contribution < 1.29 is 29.1 Å². The highest BCUT2D eigenvalue weighted by Crippen LogP contribution is 2.11. The minimum absolute atomic E-state index is 0.00930. The third-order valence-corrected chi connectivity index (χ3v) is 5.32. The molecule has 0 aliphatic rings. The molecule has 0 fully saturated rings. The number of carbonyl (C=O) groups excluding carboxylic acids is 4. The molecule has 4 amide bonds. The number of hydrogen-bond acceptors (Lipinski definition) is 8. The molecule has 5 unspecified atom stereocenters. The van der Waals surface area contributed by atoms with Crippen LogP contribution in [0.25, 0.3) is 0 Å². The summed E-state index contributed by atoms with van der Waals surface area (Å²) in [4.78, 5) is 60.6. The number of nitrogens with two attached hydrogens (primary N) is 3. The summed E-state index contributed by atoms with van der Waals surface area (Å²) in [5.74, 6) is -4.64. The maximum Gasteiger partial charge on any atom is 0.326 e. The molecule has 184 valence electrons. The van der Waals surface area contributed by atoms with Crippen molar-refractivity contribution in [3.8, 4) is 0 Å². The van der Waals surface area contributed by atoms with E-state index in [0.29, 0.717) is 25.8 Å². The van der Waals surface area contributed by atoms with Gasteiger partial charge in [-0.25, -0.2) is 4.79 Å². The average molecular weight is 477 g/mol. The Hall–Kier alpha value is -2.38. The van der Waals surface area contributed by atoms with Crippen LogP contribution in [0.3, 0.4) is 0 Å². The zero-order valence-corrected chi connectivity index (χ0v) is 19.4. The molecule has 0 aliphatic heterocycles. The summed E-state index contributed by atoms with van der Waals surface area (Å²) in [5, 5.41) is 16.7. The number of aliphatic carboxylic acids is 1. The van der Waals surface area contributed by atoms with Crippen LogP contribution in [0, 0.1) is 5.92 Å². The van der Waals surface area contributed by atoms with Gasteiger partial charge >= 0.3 is 5.97 Å². The van der Waals surface area contributed by atoms with Gasteiger partial charge in [-0.3, -0.25) is 19.2 Å². The lowest BCUT2D eigenvalue weighted by molar-refractivity contribution is -0.143. The van der Waals surface area contributed by atoms with E-state index >= 15 is 0 Å². The first kappa shape index (κ1) is 29.6. The number of carboxylic acids is 1. The monoisotopic (exact) mass is 476 g/mol. The Kier molecular flexibility index (Phi) is 14.3. The Morgan fingerprint density at radius 1 is 0.969 bits per heavy atom. The summed E-state index contributed by atoms with van der Waals surface area (Å²) in [5.41, 5.74) is 16.2. The molecule has 0 spiro atoms.